The molecule has 1 aromatic heterocycles. The molecule has 0 saturated carbocycles. The Balaban J connectivity index is 1.66. The number of nitrogens with one attached hydrogen (secondary N) is 1. The second-order valence-corrected chi connectivity index (χ2v) is 6.87. The van der Waals surface area contributed by atoms with Gasteiger partial charge in [-0.3, -0.25) is 0 Å². The summed E-state index contributed by atoms with van der Waals surface area (Å²) in [4.78, 5) is 11.0. The van der Waals surface area contributed by atoms with Crippen molar-refractivity contribution in [3.05, 3.63) is 82.8 Å². The number of halogens is 1. The van der Waals surface area contributed by atoms with Gasteiger partial charge in [0.15, 0.2) is 11.0 Å². The third-order valence-corrected chi connectivity index (χ3v) is 5.26. The maximum atomic E-state index is 6.41. The smallest absolute Gasteiger partial charge is 0.161 e. The van der Waals surface area contributed by atoms with Crippen LogP contribution in [-0.4, -0.2) is 16.5 Å². The molecule has 1 N–H and O–H groups in total. The molecule has 0 saturated heterocycles. The van der Waals surface area contributed by atoms with E-state index >= 15 is 0 Å². The first-order valence-electron chi connectivity index (χ1n) is 8.71. The minimum absolute atomic E-state index is 0.00416. The summed E-state index contributed by atoms with van der Waals surface area (Å²) in [6.45, 7) is 0.906. The molecule has 4 nitrogen and oxygen atoms in total. The van der Waals surface area contributed by atoms with Crippen LogP contribution in [0, 0.1) is 0 Å². The topological polar surface area (TPSA) is 41.1 Å². The molecule has 3 aromatic rings. The van der Waals surface area contributed by atoms with Crippen LogP contribution in [0.3, 0.4) is 0 Å². The van der Waals surface area contributed by atoms with E-state index in [0.29, 0.717) is 5.15 Å². The average Bonchev–Trinajstić information content (AvgIpc) is 3.05. The number of benzene rings is 2. The number of aromatic nitrogens is 2. The quantitative estimate of drug-likeness (QED) is 0.652. The highest BCUT2D eigenvalue weighted by Crippen LogP contribution is 2.47. The fraction of sp³-hybridized carbons (Fsp3) is 0.143. The van der Waals surface area contributed by atoms with Crippen molar-refractivity contribution in [1.29, 1.82) is 0 Å². The summed E-state index contributed by atoms with van der Waals surface area (Å²) in [6, 6.07) is 16.8. The molecule has 0 aliphatic carbocycles. The summed E-state index contributed by atoms with van der Waals surface area (Å²) in [6.07, 6.45) is 6.86. The highest BCUT2D eigenvalue weighted by Gasteiger charge is 2.32. The number of fused-ring (bicyclic) bond motifs is 2. The van der Waals surface area contributed by atoms with Crippen LogP contribution < -0.4 is 10.2 Å². The molecule has 1 atom stereocenters. The summed E-state index contributed by atoms with van der Waals surface area (Å²) in [5.41, 5.74) is 5.79. The lowest BCUT2D eigenvalue weighted by molar-refractivity contribution is 0.967. The van der Waals surface area contributed by atoms with Gasteiger partial charge in [-0.05, 0) is 17.5 Å². The Morgan fingerprint density at radius 3 is 2.85 bits per heavy atom. The van der Waals surface area contributed by atoms with Gasteiger partial charge in [0, 0.05) is 12.1 Å². The van der Waals surface area contributed by atoms with E-state index in [1.54, 1.807) is 0 Å². The highest BCUT2D eigenvalue weighted by atomic mass is 35.5. The lowest BCUT2D eigenvalue weighted by Crippen LogP contribution is -2.15. The van der Waals surface area contributed by atoms with Gasteiger partial charge >= 0.3 is 0 Å². The van der Waals surface area contributed by atoms with Crippen molar-refractivity contribution in [2.45, 2.75) is 12.5 Å². The maximum Gasteiger partial charge on any atom is 0.161 e. The minimum atomic E-state index is -0.00416. The van der Waals surface area contributed by atoms with Gasteiger partial charge in [-0.25, -0.2) is 9.97 Å². The molecule has 0 fully saturated rings. The van der Waals surface area contributed by atoms with Crippen LogP contribution in [0.2, 0.25) is 5.15 Å². The Labute approximate surface area is 157 Å². The monoisotopic (exact) mass is 360 g/mol. The van der Waals surface area contributed by atoms with Crippen LogP contribution in [0.15, 0.2) is 60.9 Å². The number of anilines is 3. The summed E-state index contributed by atoms with van der Waals surface area (Å²) in [5.74, 6) is 0.854. The van der Waals surface area contributed by atoms with E-state index < -0.39 is 0 Å². The van der Waals surface area contributed by atoms with Crippen molar-refractivity contribution >= 4 is 34.9 Å². The van der Waals surface area contributed by atoms with E-state index in [4.69, 9.17) is 11.6 Å². The molecule has 5 heteroatoms. The molecule has 3 heterocycles. The lowest BCUT2D eigenvalue weighted by Gasteiger charge is -2.19. The maximum absolute atomic E-state index is 6.41. The van der Waals surface area contributed by atoms with Gasteiger partial charge in [-0.1, -0.05) is 72.3 Å². The zero-order chi connectivity index (χ0) is 17.5. The van der Waals surface area contributed by atoms with Crippen LogP contribution in [0.25, 0.3) is 6.08 Å². The molecule has 2 aliphatic rings. The first-order chi connectivity index (χ1) is 12.8. The zero-order valence-corrected chi connectivity index (χ0v) is 14.8. The van der Waals surface area contributed by atoms with Gasteiger partial charge < -0.3 is 10.2 Å². The Morgan fingerprint density at radius 2 is 1.96 bits per heavy atom. The Kier molecular flexibility index (Phi) is 3.64. The second-order valence-electron chi connectivity index (χ2n) is 6.51. The van der Waals surface area contributed by atoms with E-state index in [2.05, 4.69) is 62.7 Å². The summed E-state index contributed by atoms with van der Waals surface area (Å²) >= 11 is 6.41. The Hall–Kier alpha value is -2.85. The van der Waals surface area contributed by atoms with Crippen molar-refractivity contribution in [1.82, 2.24) is 9.97 Å². The van der Waals surface area contributed by atoms with Gasteiger partial charge in [-0.2, -0.15) is 0 Å². The molecule has 1 unspecified atom stereocenters. The number of rotatable bonds is 2. The summed E-state index contributed by atoms with van der Waals surface area (Å²) < 4.78 is 0. The third kappa shape index (κ3) is 2.45. The first-order valence-corrected chi connectivity index (χ1v) is 9.08. The van der Waals surface area contributed by atoms with E-state index in [0.717, 1.165) is 24.5 Å². The predicted octanol–water partition coefficient (Wildman–Crippen LogP) is 5.00. The normalized spacial score (nSPS) is 17.6. The van der Waals surface area contributed by atoms with Gasteiger partial charge in [-0.15, -0.1) is 0 Å². The molecular weight excluding hydrogens is 344 g/mol. The second kappa shape index (κ2) is 6.15. The molecule has 0 bridgehead atoms. The molecular formula is C21H17ClN4. The van der Waals surface area contributed by atoms with Crippen LogP contribution in [0.5, 0.6) is 0 Å². The molecule has 2 aliphatic heterocycles. The standard InChI is InChI=1S/C21H17ClN4/c22-20-18-21(24-13-23-20)26-12-11-15-7-4-8-16(19(15)26)17(25-18)10-9-14-5-2-1-3-6-14/h1-10,13,17,25H,11-12H2/b10-9+. The van der Waals surface area contributed by atoms with Gasteiger partial charge in [0.1, 0.15) is 12.0 Å². The van der Waals surface area contributed by atoms with Gasteiger partial charge in [0.25, 0.3) is 0 Å². The molecule has 26 heavy (non-hydrogen) atoms. The molecule has 0 spiro atoms. The molecule has 5 rings (SSSR count). The van der Waals surface area contributed by atoms with Gasteiger partial charge in [0.05, 0.1) is 11.7 Å². The fourth-order valence-corrected chi connectivity index (χ4v) is 3.97. The SMILES string of the molecule is Clc1ncnc2c1NC(/C=C/c1ccccc1)c1cccc3c1N2CC3. The van der Waals surface area contributed by atoms with Crippen molar-refractivity contribution in [3.8, 4) is 0 Å². The molecule has 2 aromatic carbocycles. The number of para-hydroxylation sites is 1. The highest BCUT2D eigenvalue weighted by molar-refractivity contribution is 6.32. The van der Waals surface area contributed by atoms with E-state index in [1.807, 2.05) is 18.2 Å². The lowest BCUT2D eigenvalue weighted by atomic mass is 10.00. The van der Waals surface area contributed by atoms with Crippen LogP contribution >= 0.6 is 11.6 Å². The third-order valence-electron chi connectivity index (χ3n) is 4.98. The summed E-state index contributed by atoms with van der Waals surface area (Å²) in [7, 11) is 0. The largest absolute Gasteiger partial charge is 0.369 e. The van der Waals surface area contributed by atoms with Crippen molar-refractivity contribution in [2.24, 2.45) is 0 Å². The summed E-state index contributed by atoms with van der Waals surface area (Å²) in [5, 5.41) is 4.01. The Bertz CT molecular complexity index is 1000. The minimum Gasteiger partial charge on any atom is -0.369 e. The van der Waals surface area contributed by atoms with Crippen molar-refractivity contribution in [3.63, 3.8) is 0 Å². The average molecular weight is 361 g/mol. The molecule has 128 valence electrons. The van der Waals surface area contributed by atoms with Crippen molar-refractivity contribution < 1.29 is 0 Å². The zero-order valence-electron chi connectivity index (χ0n) is 14.1. The molecule has 0 amide bonds. The number of nitrogens with zero attached hydrogens (tertiary/aromatic N) is 3. The predicted molar refractivity (Wildman–Crippen MR) is 106 cm³/mol. The van der Waals surface area contributed by atoms with Crippen LogP contribution in [0.4, 0.5) is 17.2 Å². The van der Waals surface area contributed by atoms with E-state index in [9.17, 15) is 0 Å². The first kappa shape index (κ1) is 15.4. The van der Waals surface area contributed by atoms with Crippen LogP contribution in [-0.2, 0) is 6.42 Å². The number of hydrogen-bond donors (Lipinski definition) is 1. The van der Waals surface area contributed by atoms with Crippen LogP contribution in [0.1, 0.15) is 22.7 Å². The Morgan fingerprint density at radius 1 is 1.08 bits per heavy atom. The van der Waals surface area contributed by atoms with E-state index in [1.165, 1.54) is 28.7 Å². The van der Waals surface area contributed by atoms with Gasteiger partial charge in [0.2, 0.25) is 0 Å². The van der Waals surface area contributed by atoms with E-state index in [-0.39, 0.29) is 6.04 Å². The van der Waals surface area contributed by atoms with Crippen molar-refractivity contribution in [2.75, 3.05) is 16.8 Å². The number of hydrogen-bond acceptors (Lipinski definition) is 4. The fourth-order valence-electron chi connectivity index (χ4n) is 3.79. The molecule has 0 radical (unpaired) electrons.